The maximum absolute atomic E-state index is 12.3. The average molecular weight is 491 g/mol. The van der Waals surface area contributed by atoms with Gasteiger partial charge in [0.05, 0.1) is 0 Å². The fourth-order valence-corrected chi connectivity index (χ4v) is 4.01. The number of halogens is 1. The molecule has 1 fully saturated rings. The van der Waals surface area contributed by atoms with Gasteiger partial charge < -0.3 is 10.6 Å². The highest BCUT2D eigenvalue weighted by atomic mass is 127. The van der Waals surface area contributed by atoms with Gasteiger partial charge in [-0.25, -0.2) is 9.48 Å². The molecule has 1 atom stereocenters. The largest absolute Gasteiger partial charge is 0.356 e. The van der Waals surface area contributed by atoms with E-state index < -0.39 is 0 Å². The molecule has 0 aromatic carbocycles. The Hall–Kier alpha value is -1.10. The molecule has 0 radical (unpaired) electrons. The van der Waals surface area contributed by atoms with Crippen molar-refractivity contribution < 1.29 is 0 Å². The summed E-state index contributed by atoms with van der Waals surface area (Å²) in [6.07, 6.45) is 6.53. The molecule has 0 aliphatic carbocycles. The fourth-order valence-electron chi connectivity index (χ4n) is 4.01. The van der Waals surface area contributed by atoms with Crippen LogP contribution in [-0.4, -0.2) is 64.5 Å². The van der Waals surface area contributed by atoms with Gasteiger partial charge in [0.25, 0.3) is 0 Å². The zero-order chi connectivity index (χ0) is 18.4. The third kappa shape index (κ3) is 5.69. The fraction of sp³-hybridized carbons (Fsp3) is 0.833. The molecule has 27 heavy (non-hydrogen) atoms. The van der Waals surface area contributed by atoms with Crippen molar-refractivity contribution in [3.63, 3.8) is 0 Å². The summed E-state index contributed by atoms with van der Waals surface area (Å²) in [6.45, 7) is 7.71. The van der Waals surface area contributed by atoms with Crippen molar-refractivity contribution in [1.82, 2.24) is 29.9 Å². The van der Waals surface area contributed by atoms with E-state index in [4.69, 9.17) is 0 Å². The maximum atomic E-state index is 12.3. The number of fused-ring (bicyclic) bond motifs is 1. The lowest BCUT2D eigenvalue weighted by Crippen LogP contribution is -2.45. The zero-order valence-corrected chi connectivity index (χ0v) is 18.9. The van der Waals surface area contributed by atoms with E-state index in [1.54, 1.807) is 11.7 Å². The number of aryl methyl sites for hydroxylation is 2. The Morgan fingerprint density at radius 2 is 2.11 bits per heavy atom. The monoisotopic (exact) mass is 491 g/mol. The lowest BCUT2D eigenvalue weighted by molar-refractivity contribution is 0.267. The first-order chi connectivity index (χ1) is 12.7. The van der Waals surface area contributed by atoms with E-state index in [0.29, 0.717) is 12.6 Å². The van der Waals surface area contributed by atoms with E-state index in [1.165, 1.54) is 19.4 Å². The van der Waals surface area contributed by atoms with Crippen LogP contribution in [0.25, 0.3) is 0 Å². The number of hydrogen-bond acceptors (Lipinski definition) is 4. The minimum atomic E-state index is 0. The average Bonchev–Trinajstić information content (AvgIpc) is 3.25. The van der Waals surface area contributed by atoms with Crippen LogP contribution in [0, 0.1) is 0 Å². The lowest BCUT2D eigenvalue weighted by Gasteiger charge is -2.23. The highest BCUT2D eigenvalue weighted by Gasteiger charge is 2.22. The van der Waals surface area contributed by atoms with Gasteiger partial charge in [0.2, 0.25) is 0 Å². The van der Waals surface area contributed by atoms with Gasteiger partial charge in [-0.2, -0.15) is 5.10 Å². The van der Waals surface area contributed by atoms with Gasteiger partial charge >= 0.3 is 5.69 Å². The summed E-state index contributed by atoms with van der Waals surface area (Å²) in [5, 5.41) is 11.3. The van der Waals surface area contributed by atoms with Crippen molar-refractivity contribution in [2.24, 2.45) is 4.99 Å². The number of rotatable bonds is 7. The first-order valence-electron chi connectivity index (χ1n) is 10.1. The van der Waals surface area contributed by atoms with Gasteiger partial charge in [0.1, 0.15) is 5.82 Å². The Bertz CT molecular complexity index is 669. The minimum absolute atomic E-state index is 0. The molecule has 154 valence electrons. The zero-order valence-electron chi connectivity index (χ0n) is 16.6. The molecular formula is C18H34IN7O. The molecule has 2 N–H and O–H groups in total. The molecule has 2 aliphatic rings. The van der Waals surface area contributed by atoms with Gasteiger partial charge in [-0.1, -0.05) is 6.92 Å². The first kappa shape index (κ1) is 22.2. The van der Waals surface area contributed by atoms with Crippen LogP contribution in [-0.2, 0) is 19.5 Å². The molecule has 1 unspecified atom stereocenters. The second-order valence-corrected chi connectivity index (χ2v) is 7.19. The van der Waals surface area contributed by atoms with Crippen molar-refractivity contribution in [3.05, 3.63) is 16.3 Å². The Morgan fingerprint density at radius 1 is 1.26 bits per heavy atom. The summed E-state index contributed by atoms with van der Waals surface area (Å²) in [4.78, 5) is 19.1. The standard InChI is InChI=1S/C18H33N7O.HI/c1-3-23-11-6-8-15(23)14-21-17(19-2)20-10-7-13-25-18(26)24-12-5-4-9-16(24)22-25;/h15H,3-14H2,1-2H3,(H2,19,20,21);1H. The van der Waals surface area contributed by atoms with Crippen LogP contribution in [0.5, 0.6) is 0 Å². The van der Waals surface area contributed by atoms with Crippen LogP contribution >= 0.6 is 24.0 Å². The van der Waals surface area contributed by atoms with Crippen LogP contribution in [0.3, 0.4) is 0 Å². The number of hydrogen-bond donors (Lipinski definition) is 2. The molecule has 2 aliphatic heterocycles. The molecule has 0 bridgehead atoms. The number of aliphatic imine (C=N–C) groups is 1. The Balaban J connectivity index is 0.00000261. The molecule has 0 amide bonds. The topological polar surface area (TPSA) is 79.5 Å². The van der Waals surface area contributed by atoms with Crippen molar-refractivity contribution in [2.45, 2.75) is 64.6 Å². The van der Waals surface area contributed by atoms with E-state index >= 15 is 0 Å². The van der Waals surface area contributed by atoms with Crippen molar-refractivity contribution in [3.8, 4) is 0 Å². The maximum Gasteiger partial charge on any atom is 0.345 e. The van der Waals surface area contributed by atoms with Crippen LogP contribution in [0.2, 0.25) is 0 Å². The molecule has 1 aromatic rings. The quantitative estimate of drug-likeness (QED) is 0.258. The van der Waals surface area contributed by atoms with Crippen LogP contribution in [0.15, 0.2) is 9.79 Å². The molecule has 9 heteroatoms. The van der Waals surface area contributed by atoms with Crippen LogP contribution < -0.4 is 16.3 Å². The molecule has 3 rings (SSSR count). The van der Waals surface area contributed by atoms with E-state index in [-0.39, 0.29) is 29.7 Å². The number of guanidine groups is 1. The van der Waals surface area contributed by atoms with Crippen molar-refractivity contribution in [1.29, 1.82) is 0 Å². The Kier molecular flexibility index (Phi) is 9.07. The Labute approximate surface area is 178 Å². The summed E-state index contributed by atoms with van der Waals surface area (Å²) >= 11 is 0. The van der Waals surface area contributed by atoms with E-state index in [0.717, 1.165) is 63.6 Å². The van der Waals surface area contributed by atoms with Crippen molar-refractivity contribution >= 4 is 29.9 Å². The number of nitrogens with one attached hydrogen (secondary N) is 2. The smallest absolute Gasteiger partial charge is 0.345 e. The highest BCUT2D eigenvalue weighted by molar-refractivity contribution is 14.0. The third-order valence-electron chi connectivity index (χ3n) is 5.50. The lowest BCUT2D eigenvalue weighted by atomic mass is 10.2. The number of nitrogens with zero attached hydrogens (tertiary/aromatic N) is 5. The third-order valence-corrected chi connectivity index (χ3v) is 5.50. The predicted octanol–water partition coefficient (Wildman–Crippen LogP) is 1.04. The van der Waals surface area contributed by atoms with Gasteiger partial charge in [0.15, 0.2) is 5.96 Å². The molecule has 1 saturated heterocycles. The first-order valence-corrected chi connectivity index (χ1v) is 10.1. The molecule has 3 heterocycles. The second-order valence-electron chi connectivity index (χ2n) is 7.19. The van der Waals surface area contributed by atoms with Gasteiger partial charge in [0, 0.05) is 45.7 Å². The molecule has 1 aromatic heterocycles. The highest BCUT2D eigenvalue weighted by Crippen LogP contribution is 2.15. The van der Waals surface area contributed by atoms with Crippen LogP contribution in [0.1, 0.15) is 44.9 Å². The summed E-state index contributed by atoms with van der Waals surface area (Å²) in [6, 6.07) is 0.606. The van der Waals surface area contributed by atoms with E-state index in [1.807, 2.05) is 4.57 Å². The van der Waals surface area contributed by atoms with Gasteiger partial charge in [-0.3, -0.25) is 14.5 Å². The number of aromatic nitrogens is 3. The van der Waals surface area contributed by atoms with Gasteiger partial charge in [-0.05, 0) is 45.2 Å². The Morgan fingerprint density at radius 3 is 2.85 bits per heavy atom. The minimum Gasteiger partial charge on any atom is -0.356 e. The number of likely N-dealkylation sites (tertiary alicyclic amines) is 1. The molecule has 8 nitrogen and oxygen atoms in total. The molecular weight excluding hydrogens is 457 g/mol. The van der Waals surface area contributed by atoms with E-state index in [9.17, 15) is 4.79 Å². The summed E-state index contributed by atoms with van der Waals surface area (Å²) in [5.41, 5.74) is 0.0445. The summed E-state index contributed by atoms with van der Waals surface area (Å²) in [7, 11) is 1.80. The second kappa shape index (κ2) is 11.0. The van der Waals surface area contributed by atoms with E-state index in [2.05, 4.69) is 32.5 Å². The molecule has 0 spiro atoms. The van der Waals surface area contributed by atoms with Gasteiger partial charge in [-0.15, -0.1) is 24.0 Å². The number of likely N-dealkylation sites (N-methyl/N-ethyl adjacent to an activating group) is 1. The SMILES string of the molecule is CCN1CCCC1CNC(=NC)NCCCn1nc2n(c1=O)CCCC2.I. The summed E-state index contributed by atoms with van der Waals surface area (Å²) in [5.74, 6) is 1.79. The molecule has 0 saturated carbocycles. The van der Waals surface area contributed by atoms with Crippen LogP contribution in [0.4, 0.5) is 0 Å². The predicted molar refractivity (Wildman–Crippen MR) is 119 cm³/mol. The van der Waals surface area contributed by atoms with Crippen molar-refractivity contribution in [2.75, 3.05) is 33.2 Å². The normalized spacial score (nSPS) is 20.2. The summed E-state index contributed by atoms with van der Waals surface area (Å²) < 4.78 is 3.45.